The third-order valence-electron chi connectivity index (χ3n) is 4.75. The lowest BCUT2D eigenvalue weighted by Crippen LogP contribution is -2.25. The molecule has 4 nitrogen and oxygen atoms in total. The van der Waals surface area contributed by atoms with Crippen molar-refractivity contribution >= 4 is 22.8 Å². The molecule has 0 aliphatic heterocycles. The number of rotatable bonds is 4. The Morgan fingerprint density at radius 1 is 0.929 bits per heavy atom. The van der Waals surface area contributed by atoms with Crippen LogP contribution >= 0.6 is 0 Å². The number of ketones is 1. The first-order chi connectivity index (χ1) is 13.7. The van der Waals surface area contributed by atoms with E-state index in [1.807, 2.05) is 54.6 Å². The smallest absolute Gasteiger partial charge is 0.262 e. The standard InChI is InChI=1S/C24H18N2O2/c1-26-20-10-6-5-9-19(20)22(18-7-3-2-4-8-18)23(24(26)28)21(27)12-11-17-13-15-25-16-14-17/h2-16H,1H3/b12-11+. The van der Waals surface area contributed by atoms with Crippen LogP contribution in [0.3, 0.4) is 0 Å². The number of pyridine rings is 2. The Labute approximate surface area is 162 Å². The molecular weight excluding hydrogens is 348 g/mol. The zero-order valence-corrected chi connectivity index (χ0v) is 15.4. The number of hydrogen-bond donors (Lipinski definition) is 0. The molecule has 0 spiro atoms. The van der Waals surface area contributed by atoms with E-state index in [2.05, 4.69) is 4.98 Å². The van der Waals surface area contributed by atoms with E-state index in [4.69, 9.17) is 0 Å². The highest BCUT2D eigenvalue weighted by atomic mass is 16.1. The van der Waals surface area contributed by atoms with E-state index in [9.17, 15) is 9.59 Å². The van der Waals surface area contributed by atoms with Gasteiger partial charge in [-0.05, 0) is 35.4 Å². The fraction of sp³-hybridized carbons (Fsp3) is 0.0417. The highest BCUT2D eigenvalue weighted by molar-refractivity contribution is 6.15. The van der Waals surface area contributed by atoms with Crippen molar-refractivity contribution in [1.82, 2.24) is 9.55 Å². The van der Waals surface area contributed by atoms with Gasteiger partial charge in [-0.25, -0.2) is 0 Å². The minimum atomic E-state index is -0.318. The number of aromatic nitrogens is 2. The lowest BCUT2D eigenvalue weighted by Gasteiger charge is -2.14. The predicted molar refractivity (Wildman–Crippen MR) is 112 cm³/mol. The molecule has 4 heteroatoms. The molecule has 0 atom stereocenters. The summed E-state index contributed by atoms with van der Waals surface area (Å²) in [6, 6.07) is 20.8. The van der Waals surface area contributed by atoms with Gasteiger partial charge < -0.3 is 4.57 Å². The van der Waals surface area contributed by atoms with Gasteiger partial charge in [-0.1, -0.05) is 54.6 Å². The first kappa shape index (κ1) is 17.6. The van der Waals surface area contributed by atoms with E-state index in [1.54, 1.807) is 37.7 Å². The highest BCUT2D eigenvalue weighted by Gasteiger charge is 2.20. The number of carbonyl (C=O) groups is 1. The van der Waals surface area contributed by atoms with Crippen LogP contribution in [0.4, 0.5) is 0 Å². The van der Waals surface area contributed by atoms with Gasteiger partial charge in [-0.3, -0.25) is 14.6 Å². The molecule has 4 rings (SSSR count). The summed E-state index contributed by atoms with van der Waals surface area (Å²) in [5.74, 6) is -0.318. The molecule has 28 heavy (non-hydrogen) atoms. The van der Waals surface area contributed by atoms with Crippen molar-refractivity contribution in [3.8, 4) is 11.1 Å². The Morgan fingerprint density at radius 3 is 2.36 bits per heavy atom. The minimum absolute atomic E-state index is 0.178. The Morgan fingerprint density at radius 2 is 1.61 bits per heavy atom. The maximum Gasteiger partial charge on any atom is 0.262 e. The van der Waals surface area contributed by atoms with Crippen molar-refractivity contribution in [2.75, 3.05) is 0 Å². The van der Waals surface area contributed by atoms with Crippen molar-refractivity contribution < 1.29 is 4.79 Å². The van der Waals surface area contributed by atoms with Crippen molar-refractivity contribution in [2.45, 2.75) is 0 Å². The van der Waals surface area contributed by atoms with Gasteiger partial charge in [0.15, 0.2) is 5.78 Å². The Bertz CT molecular complexity index is 1240. The summed E-state index contributed by atoms with van der Waals surface area (Å²) >= 11 is 0. The van der Waals surface area contributed by atoms with Crippen LogP contribution < -0.4 is 5.56 Å². The van der Waals surface area contributed by atoms with E-state index in [-0.39, 0.29) is 16.9 Å². The first-order valence-electron chi connectivity index (χ1n) is 8.96. The van der Waals surface area contributed by atoms with E-state index in [0.29, 0.717) is 5.56 Å². The number of para-hydroxylation sites is 1. The predicted octanol–water partition coefficient (Wildman–Crippen LogP) is 4.50. The molecule has 4 aromatic rings. The van der Waals surface area contributed by atoms with Crippen molar-refractivity contribution in [2.24, 2.45) is 7.05 Å². The fourth-order valence-electron chi connectivity index (χ4n) is 3.36. The van der Waals surface area contributed by atoms with Crippen LogP contribution in [0, 0.1) is 0 Å². The third-order valence-corrected chi connectivity index (χ3v) is 4.75. The Balaban J connectivity index is 1.97. The van der Waals surface area contributed by atoms with Gasteiger partial charge in [-0.2, -0.15) is 0 Å². The van der Waals surface area contributed by atoms with Crippen LogP contribution in [0.5, 0.6) is 0 Å². The number of nitrogens with zero attached hydrogens (tertiary/aromatic N) is 2. The minimum Gasteiger partial charge on any atom is -0.311 e. The number of benzene rings is 2. The van der Waals surface area contributed by atoms with Gasteiger partial charge >= 0.3 is 0 Å². The van der Waals surface area contributed by atoms with Gasteiger partial charge in [-0.15, -0.1) is 0 Å². The fourth-order valence-corrected chi connectivity index (χ4v) is 3.36. The molecule has 0 aliphatic rings. The zero-order valence-electron chi connectivity index (χ0n) is 15.4. The molecule has 0 saturated heterocycles. The molecule has 2 aromatic heterocycles. The Kier molecular flexibility index (Phi) is 4.68. The number of carbonyl (C=O) groups excluding carboxylic acids is 1. The van der Waals surface area contributed by atoms with Crippen molar-refractivity contribution in [1.29, 1.82) is 0 Å². The summed E-state index contributed by atoms with van der Waals surface area (Å²) in [6.45, 7) is 0. The summed E-state index contributed by atoms with van der Waals surface area (Å²) in [4.78, 5) is 30.2. The maximum atomic E-state index is 13.1. The number of hydrogen-bond acceptors (Lipinski definition) is 3. The number of allylic oxidation sites excluding steroid dienone is 1. The van der Waals surface area contributed by atoms with Gasteiger partial charge in [0.1, 0.15) is 0 Å². The number of aryl methyl sites for hydroxylation is 1. The molecule has 0 fully saturated rings. The normalized spacial score (nSPS) is 11.2. The molecule has 136 valence electrons. The molecule has 0 amide bonds. The quantitative estimate of drug-likeness (QED) is 0.395. The second kappa shape index (κ2) is 7.45. The van der Waals surface area contributed by atoms with Crippen LogP contribution in [-0.2, 0) is 7.05 Å². The van der Waals surface area contributed by atoms with Crippen LogP contribution in [0.2, 0.25) is 0 Å². The second-order valence-corrected chi connectivity index (χ2v) is 6.48. The summed E-state index contributed by atoms with van der Waals surface area (Å²) in [6.07, 6.45) is 6.48. The molecular formula is C24H18N2O2. The molecule has 0 aliphatic carbocycles. The van der Waals surface area contributed by atoms with E-state index in [1.165, 1.54) is 10.6 Å². The third kappa shape index (κ3) is 3.16. The largest absolute Gasteiger partial charge is 0.311 e. The van der Waals surface area contributed by atoms with Crippen molar-refractivity contribution in [3.05, 3.63) is 107 Å². The van der Waals surface area contributed by atoms with Crippen molar-refractivity contribution in [3.63, 3.8) is 0 Å². The Hall–Kier alpha value is -3.79. The van der Waals surface area contributed by atoms with Crippen LogP contribution in [-0.4, -0.2) is 15.3 Å². The summed E-state index contributed by atoms with van der Waals surface area (Å²) < 4.78 is 1.54. The second-order valence-electron chi connectivity index (χ2n) is 6.48. The summed E-state index contributed by atoms with van der Waals surface area (Å²) in [7, 11) is 1.70. The lowest BCUT2D eigenvalue weighted by atomic mass is 9.93. The van der Waals surface area contributed by atoms with Crippen LogP contribution in [0.1, 0.15) is 15.9 Å². The highest BCUT2D eigenvalue weighted by Crippen LogP contribution is 2.30. The lowest BCUT2D eigenvalue weighted by molar-refractivity contribution is 0.104. The van der Waals surface area contributed by atoms with Gasteiger partial charge in [0.2, 0.25) is 0 Å². The van der Waals surface area contributed by atoms with E-state index in [0.717, 1.165) is 22.0 Å². The average Bonchev–Trinajstić information content (AvgIpc) is 2.75. The molecule has 0 radical (unpaired) electrons. The number of fused-ring (bicyclic) bond motifs is 1. The molecule has 0 saturated carbocycles. The van der Waals surface area contributed by atoms with Gasteiger partial charge in [0.25, 0.3) is 5.56 Å². The SMILES string of the molecule is Cn1c(=O)c(C(=O)/C=C/c2ccncc2)c(-c2ccccc2)c2ccccc21. The molecule has 0 bridgehead atoms. The van der Waals surface area contributed by atoms with E-state index < -0.39 is 0 Å². The molecule has 2 heterocycles. The molecule has 0 unspecified atom stereocenters. The van der Waals surface area contributed by atoms with E-state index >= 15 is 0 Å². The topological polar surface area (TPSA) is 52.0 Å². The molecule has 0 N–H and O–H groups in total. The maximum absolute atomic E-state index is 13.1. The average molecular weight is 366 g/mol. The van der Waals surface area contributed by atoms with Crippen LogP contribution in [0.15, 0.2) is 90.0 Å². The summed E-state index contributed by atoms with van der Waals surface area (Å²) in [5, 5.41) is 0.872. The van der Waals surface area contributed by atoms with Gasteiger partial charge in [0, 0.05) is 30.4 Å². The summed E-state index contributed by atoms with van der Waals surface area (Å²) in [5.41, 5.74) is 3.03. The van der Waals surface area contributed by atoms with Crippen LogP contribution in [0.25, 0.3) is 28.1 Å². The van der Waals surface area contributed by atoms with Gasteiger partial charge in [0.05, 0.1) is 11.1 Å². The zero-order chi connectivity index (χ0) is 19.5. The first-order valence-corrected chi connectivity index (χ1v) is 8.96. The molecule has 2 aromatic carbocycles. The monoisotopic (exact) mass is 366 g/mol.